The van der Waals surface area contributed by atoms with E-state index in [-0.39, 0.29) is 56.7 Å². The first-order chi connectivity index (χ1) is 31.0. The van der Waals surface area contributed by atoms with E-state index in [4.69, 9.17) is 31.9 Å². The van der Waals surface area contributed by atoms with Gasteiger partial charge in [0.15, 0.2) is 5.82 Å². The molecule has 0 fully saturated rings. The van der Waals surface area contributed by atoms with Gasteiger partial charge in [0.1, 0.15) is 55.4 Å². The Balaban J connectivity index is 1.55. The quantitative estimate of drug-likeness (QED) is 0.0904. The molecule has 1 aliphatic heterocycles. The SMILES string of the molecule is Cc1nc(-c2ccc(C(C)(C)C)cc2)ncc1C(=O)N[C@@H](CCN)C(=O)N(C)[C@@H]1C(=O)N[C@@H](C)C(=O)N[C@H](NC(=O)CC#N)Cc2ccc(OCCN)c(c2)-c2cc1ccc2OCCN. The number of likely N-dealkylation sites (N-methyl/N-ethyl adjacent to an activating group) is 1. The van der Waals surface area contributed by atoms with Gasteiger partial charge in [-0.2, -0.15) is 5.26 Å². The Kier molecular flexibility index (Phi) is 16.7. The molecule has 18 heteroatoms. The maximum Gasteiger partial charge on any atom is 0.255 e. The van der Waals surface area contributed by atoms with E-state index in [2.05, 4.69) is 52.0 Å². The number of carbonyl (C=O) groups is 5. The van der Waals surface area contributed by atoms with Crippen LogP contribution in [0.15, 0.2) is 66.9 Å². The number of nitrogens with zero attached hydrogens (tertiary/aromatic N) is 4. The van der Waals surface area contributed by atoms with Crippen molar-refractivity contribution in [1.29, 1.82) is 5.26 Å². The molecule has 18 nitrogen and oxygen atoms in total. The van der Waals surface area contributed by atoms with Gasteiger partial charge in [0, 0.05) is 49.4 Å². The van der Waals surface area contributed by atoms with E-state index in [0.29, 0.717) is 45.3 Å². The molecule has 0 spiro atoms. The van der Waals surface area contributed by atoms with Crippen molar-refractivity contribution in [2.75, 3.05) is 39.9 Å². The van der Waals surface area contributed by atoms with Crippen molar-refractivity contribution in [2.45, 2.75) is 83.6 Å². The third kappa shape index (κ3) is 12.4. The van der Waals surface area contributed by atoms with E-state index < -0.39 is 60.2 Å². The molecule has 344 valence electrons. The fourth-order valence-electron chi connectivity index (χ4n) is 7.31. The van der Waals surface area contributed by atoms with Crippen LogP contribution in [-0.4, -0.2) is 103 Å². The number of fused-ring (bicyclic) bond motifs is 5. The van der Waals surface area contributed by atoms with Crippen molar-refractivity contribution in [1.82, 2.24) is 36.1 Å². The average molecular weight is 890 g/mol. The van der Waals surface area contributed by atoms with E-state index in [1.807, 2.05) is 24.3 Å². The molecule has 1 aromatic heterocycles. The summed E-state index contributed by atoms with van der Waals surface area (Å²) in [6.45, 7) is 10.2. The first-order valence-corrected chi connectivity index (χ1v) is 21.4. The van der Waals surface area contributed by atoms with Gasteiger partial charge in [-0.3, -0.25) is 24.0 Å². The summed E-state index contributed by atoms with van der Waals surface area (Å²) in [7, 11) is 1.42. The van der Waals surface area contributed by atoms with Gasteiger partial charge in [0.05, 0.1) is 17.3 Å². The summed E-state index contributed by atoms with van der Waals surface area (Å²) in [6.07, 6.45) is 0.0442. The normalized spacial score (nSPS) is 16.7. The molecule has 0 saturated heterocycles. The Morgan fingerprint density at radius 1 is 0.923 bits per heavy atom. The van der Waals surface area contributed by atoms with Crippen LogP contribution in [0.25, 0.3) is 22.5 Å². The largest absolute Gasteiger partial charge is 0.492 e. The van der Waals surface area contributed by atoms with Crippen molar-refractivity contribution in [3.8, 4) is 40.1 Å². The van der Waals surface area contributed by atoms with Crippen LogP contribution < -0.4 is 47.9 Å². The Morgan fingerprint density at radius 3 is 2.17 bits per heavy atom. The predicted octanol–water partition coefficient (Wildman–Crippen LogP) is 2.27. The van der Waals surface area contributed by atoms with Crippen LogP contribution in [-0.2, 0) is 31.0 Å². The minimum Gasteiger partial charge on any atom is -0.492 e. The molecule has 4 aromatic rings. The Labute approximate surface area is 379 Å². The average Bonchev–Trinajstić information content (AvgIpc) is 3.27. The highest BCUT2D eigenvalue weighted by Crippen LogP contribution is 2.40. The van der Waals surface area contributed by atoms with Gasteiger partial charge in [0.2, 0.25) is 23.6 Å². The highest BCUT2D eigenvalue weighted by Gasteiger charge is 2.36. The molecule has 5 amide bonds. The van der Waals surface area contributed by atoms with Crippen LogP contribution in [0.1, 0.15) is 79.3 Å². The third-order valence-electron chi connectivity index (χ3n) is 10.8. The second-order valence-electron chi connectivity index (χ2n) is 16.7. The van der Waals surface area contributed by atoms with E-state index in [0.717, 1.165) is 11.1 Å². The molecule has 1 aliphatic rings. The number of rotatable bonds is 15. The molecule has 4 bridgehead atoms. The number of hydrogen-bond acceptors (Lipinski definition) is 13. The third-order valence-corrected chi connectivity index (χ3v) is 10.8. The van der Waals surface area contributed by atoms with Crippen LogP contribution in [0.4, 0.5) is 0 Å². The lowest BCUT2D eigenvalue weighted by Gasteiger charge is -2.32. The van der Waals surface area contributed by atoms with Gasteiger partial charge in [0.25, 0.3) is 5.91 Å². The monoisotopic (exact) mass is 889 g/mol. The smallest absolute Gasteiger partial charge is 0.255 e. The maximum absolute atomic E-state index is 14.6. The van der Waals surface area contributed by atoms with Crippen molar-refractivity contribution in [3.05, 3.63) is 94.8 Å². The van der Waals surface area contributed by atoms with E-state index >= 15 is 0 Å². The molecule has 5 rings (SSSR count). The first kappa shape index (κ1) is 49.1. The number of benzene rings is 3. The maximum atomic E-state index is 14.6. The number of nitrogens with one attached hydrogen (secondary N) is 4. The number of amides is 5. The zero-order valence-electron chi connectivity index (χ0n) is 37.7. The number of nitriles is 1. The van der Waals surface area contributed by atoms with Crippen LogP contribution in [0.5, 0.6) is 11.5 Å². The molecule has 65 heavy (non-hydrogen) atoms. The summed E-state index contributed by atoms with van der Waals surface area (Å²) in [4.78, 5) is 79.7. The molecule has 0 unspecified atom stereocenters. The number of hydrogen-bond donors (Lipinski definition) is 7. The second kappa shape index (κ2) is 22.1. The fraction of sp³-hybridized carbons (Fsp3) is 0.404. The summed E-state index contributed by atoms with van der Waals surface area (Å²) in [5, 5.41) is 20.1. The lowest BCUT2D eigenvalue weighted by molar-refractivity contribution is -0.141. The molecule has 0 radical (unpaired) electrons. The zero-order valence-corrected chi connectivity index (χ0v) is 37.7. The number of carbonyl (C=O) groups excluding carboxylic acids is 5. The lowest BCUT2D eigenvalue weighted by atomic mass is 9.87. The van der Waals surface area contributed by atoms with Gasteiger partial charge in [-0.05, 0) is 73.2 Å². The Bertz CT molecular complexity index is 2410. The van der Waals surface area contributed by atoms with E-state index in [9.17, 15) is 24.0 Å². The number of aryl methyl sites for hydroxylation is 1. The van der Waals surface area contributed by atoms with Crippen molar-refractivity contribution < 1.29 is 33.4 Å². The van der Waals surface area contributed by atoms with Crippen LogP contribution in [0.2, 0.25) is 0 Å². The van der Waals surface area contributed by atoms with Gasteiger partial charge in [-0.25, -0.2) is 9.97 Å². The summed E-state index contributed by atoms with van der Waals surface area (Å²) in [5.74, 6) is -2.07. The Hall–Kier alpha value is -6.94. The lowest BCUT2D eigenvalue weighted by Crippen LogP contribution is -2.56. The molecule has 0 aliphatic carbocycles. The van der Waals surface area contributed by atoms with E-state index in [1.165, 1.54) is 25.1 Å². The number of aromatic nitrogens is 2. The molecule has 3 aromatic carbocycles. The standard InChI is InChI=1S/C47H59N11O7/c1-27-35(26-52-42(53-27)30-8-11-32(12-9-30)47(3,4)5)44(61)55-36(15-17-48)46(63)58(6)41-31-10-14-38(65-22-20-51)34(25-31)33-23-29(7-13-37(33)64-21-19-50)24-39(56-40(59)16-18-49)57-43(60)28(2)54-45(41)62/h7-14,23,25-26,28,36,39,41H,15-17,19-22,24,48,50-51H2,1-6H3,(H,54,62)(H,55,61)(H,56,59)(H,57,60)/t28-,36-,39-,41-/m0/s1. The molecule has 4 atom stereocenters. The highest BCUT2D eigenvalue weighted by molar-refractivity contribution is 5.99. The predicted molar refractivity (Wildman–Crippen MR) is 244 cm³/mol. The zero-order chi connectivity index (χ0) is 47.4. The van der Waals surface area contributed by atoms with Crippen molar-refractivity contribution in [2.24, 2.45) is 17.2 Å². The van der Waals surface area contributed by atoms with Gasteiger partial charge in [-0.15, -0.1) is 0 Å². The molecule has 0 saturated carbocycles. The fourth-order valence-corrected chi connectivity index (χ4v) is 7.31. The molecule has 10 N–H and O–H groups in total. The number of nitrogens with two attached hydrogens (primary N) is 3. The van der Waals surface area contributed by atoms with Gasteiger partial charge >= 0.3 is 0 Å². The molecule has 2 heterocycles. The van der Waals surface area contributed by atoms with Gasteiger partial charge in [-0.1, -0.05) is 57.2 Å². The number of ether oxygens (including phenoxy) is 2. The summed E-state index contributed by atoms with van der Waals surface area (Å²) in [5.41, 5.74) is 22.0. The molecular formula is C47H59N11O7. The van der Waals surface area contributed by atoms with Crippen molar-refractivity contribution in [3.63, 3.8) is 0 Å². The van der Waals surface area contributed by atoms with Crippen molar-refractivity contribution >= 4 is 29.5 Å². The minimum absolute atomic E-state index is 0.00287. The van der Waals surface area contributed by atoms with Crippen LogP contribution >= 0.6 is 0 Å². The van der Waals surface area contributed by atoms with Crippen LogP contribution in [0.3, 0.4) is 0 Å². The molecular weight excluding hydrogens is 831 g/mol. The topological polar surface area (TPSA) is 283 Å². The van der Waals surface area contributed by atoms with E-state index in [1.54, 1.807) is 49.4 Å². The first-order valence-electron chi connectivity index (χ1n) is 21.4. The highest BCUT2D eigenvalue weighted by atomic mass is 16.5. The summed E-state index contributed by atoms with van der Waals surface area (Å²) in [6, 6.07) is 16.2. The van der Waals surface area contributed by atoms with Gasteiger partial charge < -0.3 is 52.8 Å². The second-order valence-corrected chi connectivity index (χ2v) is 16.7. The Morgan fingerprint density at radius 2 is 1.57 bits per heavy atom. The summed E-state index contributed by atoms with van der Waals surface area (Å²) >= 11 is 0. The minimum atomic E-state index is -1.39. The van der Waals surface area contributed by atoms with Crippen LogP contribution in [0, 0.1) is 18.3 Å². The summed E-state index contributed by atoms with van der Waals surface area (Å²) < 4.78 is 12.2.